The van der Waals surface area contributed by atoms with Crippen LogP contribution in [0.5, 0.6) is 0 Å². The van der Waals surface area contributed by atoms with Crippen LogP contribution in [0.15, 0.2) is 6.33 Å². The molecule has 1 aliphatic carbocycles. The van der Waals surface area contributed by atoms with Gasteiger partial charge in [-0.3, -0.25) is 0 Å². The molecule has 0 aliphatic heterocycles. The van der Waals surface area contributed by atoms with Gasteiger partial charge in [0.1, 0.15) is 0 Å². The second kappa shape index (κ2) is 4.79. The zero-order valence-electron chi connectivity index (χ0n) is 9.58. The minimum atomic E-state index is 0.622. The molecular formula is C12H21N3. The van der Waals surface area contributed by atoms with Crippen molar-refractivity contribution in [3.63, 3.8) is 0 Å². The van der Waals surface area contributed by atoms with E-state index in [1.54, 1.807) is 0 Å². The maximum atomic E-state index is 5.65. The number of hydrogen-bond acceptors (Lipinski definition) is 2. The van der Waals surface area contributed by atoms with Gasteiger partial charge in [-0.25, -0.2) is 4.98 Å². The van der Waals surface area contributed by atoms with Crippen molar-refractivity contribution >= 4 is 0 Å². The maximum Gasteiger partial charge on any atom is 0.0951 e. The van der Waals surface area contributed by atoms with Crippen molar-refractivity contribution in [3.8, 4) is 0 Å². The molecule has 0 aromatic carbocycles. The molecule has 1 aromatic rings. The normalized spacial score (nSPS) is 20.3. The molecule has 0 radical (unpaired) electrons. The Hall–Kier alpha value is -0.830. The quantitative estimate of drug-likeness (QED) is 0.821. The molecule has 1 atom stereocenters. The third kappa shape index (κ3) is 2.07. The van der Waals surface area contributed by atoms with Crippen LogP contribution in [0.25, 0.3) is 0 Å². The zero-order chi connectivity index (χ0) is 10.7. The standard InChI is InChI=1S/C12H21N3/c1-2-8-15-9-14-12-10(6-7-13)4-3-5-11(12)15/h9-10H,2-8,13H2,1H3. The van der Waals surface area contributed by atoms with Crippen molar-refractivity contribution in [2.24, 2.45) is 5.73 Å². The lowest BCUT2D eigenvalue weighted by Gasteiger charge is -2.22. The van der Waals surface area contributed by atoms with Gasteiger partial charge < -0.3 is 10.3 Å². The van der Waals surface area contributed by atoms with E-state index in [-0.39, 0.29) is 0 Å². The molecule has 1 aliphatic rings. The first-order valence-electron chi connectivity index (χ1n) is 6.10. The molecule has 3 nitrogen and oxygen atoms in total. The van der Waals surface area contributed by atoms with Crippen LogP contribution in [-0.2, 0) is 13.0 Å². The van der Waals surface area contributed by atoms with Crippen LogP contribution in [0, 0.1) is 0 Å². The van der Waals surface area contributed by atoms with Crippen LogP contribution in [0.1, 0.15) is 49.9 Å². The predicted molar refractivity (Wildman–Crippen MR) is 61.9 cm³/mol. The van der Waals surface area contributed by atoms with Crippen molar-refractivity contribution in [1.82, 2.24) is 9.55 Å². The Labute approximate surface area is 91.7 Å². The zero-order valence-corrected chi connectivity index (χ0v) is 9.58. The van der Waals surface area contributed by atoms with Gasteiger partial charge in [0.2, 0.25) is 0 Å². The van der Waals surface area contributed by atoms with Gasteiger partial charge in [-0.2, -0.15) is 0 Å². The van der Waals surface area contributed by atoms with E-state index < -0.39 is 0 Å². The van der Waals surface area contributed by atoms with Crippen LogP contribution in [0.4, 0.5) is 0 Å². The molecule has 1 aromatic heterocycles. The van der Waals surface area contributed by atoms with E-state index in [4.69, 9.17) is 5.73 Å². The monoisotopic (exact) mass is 207 g/mol. The predicted octanol–water partition coefficient (Wildman–Crippen LogP) is 2.06. The molecule has 0 amide bonds. The molecule has 1 unspecified atom stereocenters. The van der Waals surface area contributed by atoms with Crippen LogP contribution < -0.4 is 5.73 Å². The molecular weight excluding hydrogens is 186 g/mol. The van der Waals surface area contributed by atoms with Gasteiger partial charge in [0, 0.05) is 18.2 Å². The van der Waals surface area contributed by atoms with Crippen molar-refractivity contribution in [2.45, 2.75) is 51.5 Å². The summed E-state index contributed by atoms with van der Waals surface area (Å²) in [6, 6.07) is 0. The molecule has 1 heterocycles. The summed E-state index contributed by atoms with van der Waals surface area (Å²) in [5.41, 5.74) is 8.45. The highest BCUT2D eigenvalue weighted by Crippen LogP contribution is 2.32. The Kier molecular flexibility index (Phi) is 3.41. The fourth-order valence-corrected chi connectivity index (χ4v) is 2.60. The van der Waals surface area contributed by atoms with Gasteiger partial charge in [-0.1, -0.05) is 6.92 Å². The minimum Gasteiger partial charge on any atom is -0.334 e. The number of nitrogens with zero attached hydrogens (tertiary/aromatic N) is 2. The van der Waals surface area contributed by atoms with E-state index in [0.29, 0.717) is 5.92 Å². The number of aryl methyl sites for hydroxylation is 1. The summed E-state index contributed by atoms with van der Waals surface area (Å²) in [6.45, 7) is 4.11. The van der Waals surface area contributed by atoms with Crippen molar-refractivity contribution in [1.29, 1.82) is 0 Å². The van der Waals surface area contributed by atoms with Crippen molar-refractivity contribution in [2.75, 3.05) is 6.54 Å². The van der Waals surface area contributed by atoms with Crippen LogP contribution >= 0.6 is 0 Å². The highest BCUT2D eigenvalue weighted by atomic mass is 15.1. The summed E-state index contributed by atoms with van der Waals surface area (Å²) in [5.74, 6) is 0.622. The molecule has 0 saturated heterocycles. The molecule has 2 N–H and O–H groups in total. The Morgan fingerprint density at radius 2 is 2.47 bits per heavy atom. The lowest BCUT2D eigenvalue weighted by atomic mass is 9.87. The Morgan fingerprint density at radius 3 is 3.20 bits per heavy atom. The lowest BCUT2D eigenvalue weighted by Crippen LogP contribution is -2.15. The topological polar surface area (TPSA) is 43.8 Å². The Balaban J connectivity index is 2.21. The average Bonchev–Trinajstić information content (AvgIpc) is 2.64. The van der Waals surface area contributed by atoms with Gasteiger partial charge in [0.05, 0.1) is 12.0 Å². The summed E-state index contributed by atoms with van der Waals surface area (Å²) >= 11 is 0. The SMILES string of the molecule is CCCn1cnc2c1CCCC2CCN. The molecule has 84 valence electrons. The summed E-state index contributed by atoms with van der Waals surface area (Å²) < 4.78 is 2.33. The number of hydrogen-bond donors (Lipinski definition) is 1. The first-order chi connectivity index (χ1) is 7.36. The van der Waals surface area contributed by atoms with E-state index >= 15 is 0 Å². The smallest absolute Gasteiger partial charge is 0.0951 e. The molecule has 3 heteroatoms. The molecule has 15 heavy (non-hydrogen) atoms. The number of fused-ring (bicyclic) bond motifs is 1. The van der Waals surface area contributed by atoms with Crippen molar-refractivity contribution < 1.29 is 0 Å². The molecule has 0 bridgehead atoms. The minimum absolute atomic E-state index is 0.622. The van der Waals surface area contributed by atoms with Crippen molar-refractivity contribution in [3.05, 3.63) is 17.7 Å². The van der Waals surface area contributed by atoms with E-state index in [0.717, 1.165) is 19.5 Å². The molecule has 2 rings (SSSR count). The second-order valence-corrected chi connectivity index (χ2v) is 4.44. The molecule has 0 saturated carbocycles. The lowest BCUT2D eigenvalue weighted by molar-refractivity contribution is 0.499. The average molecular weight is 207 g/mol. The highest BCUT2D eigenvalue weighted by molar-refractivity contribution is 5.21. The number of aromatic nitrogens is 2. The van der Waals surface area contributed by atoms with Gasteiger partial charge >= 0.3 is 0 Å². The number of nitrogens with two attached hydrogens (primary N) is 1. The van der Waals surface area contributed by atoms with Crippen LogP contribution in [-0.4, -0.2) is 16.1 Å². The van der Waals surface area contributed by atoms with E-state index in [9.17, 15) is 0 Å². The fourth-order valence-electron chi connectivity index (χ4n) is 2.60. The van der Waals surface area contributed by atoms with Crippen LogP contribution in [0.3, 0.4) is 0 Å². The Bertz CT molecular complexity index is 317. The molecule has 0 spiro atoms. The third-order valence-electron chi connectivity index (χ3n) is 3.31. The second-order valence-electron chi connectivity index (χ2n) is 4.44. The van der Waals surface area contributed by atoms with E-state index in [1.807, 2.05) is 6.33 Å². The largest absolute Gasteiger partial charge is 0.334 e. The Morgan fingerprint density at radius 1 is 1.60 bits per heavy atom. The van der Waals surface area contributed by atoms with E-state index in [1.165, 1.54) is 37.1 Å². The third-order valence-corrected chi connectivity index (χ3v) is 3.31. The van der Waals surface area contributed by atoms with Gasteiger partial charge in [-0.05, 0) is 38.6 Å². The maximum absolute atomic E-state index is 5.65. The van der Waals surface area contributed by atoms with Gasteiger partial charge in [0.15, 0.2) is 0 Å². The fraction of sp³-hybridized carbons (Fsp3) is 0.750. The first kappa shape index (κ1) is 10.7. The first-order valence-corrected chi connectivity index (χ1v) is 6.10. The summed E-state index contributed by atoms with van der Waals surface area (Å²) in [7, 11) is 0. The highest BCUT2D eigenvalue weighted by Gasteiger charge is 2.23. The van der Waals surface area contributed by atoms with E-state index in [2.05, 4.69) is 16.5 Å². The van der Waals surface area contributed by atoms with Crippen LogP contribution in [0.2, 0.25) is 0 Å². The summed E-state index contributed by atoms with van der Waals surface area (Å²) in [4.78, 5) is 4.58. The summed E-state index contributed by atoms with van der Waals surface area (Å²) in [6.07, 6.45) is 8.07. The summed E-state index contributed by atoms with van der Waals surface area (Å²) in [5, 5.41) is 0. The van der Waals surface area contributed by atoms with Gasteiger partial charge in [0.25, 0.3) is 0 Å². The number of imidazole rings is 1. The molecule has 0 fully saturated rings. The number of rotatable bonds is 4. The van der Waals surface area contributed by atoms with Gasteiger partial charge in [-0.15, -0.1) is 0 Å².